The van der Waals surface area contributed by atoms with Gasteiger partial charge in [-0.3, -0.25) is 0 Å². The fourth-order valence-electron chi connectivity index (χ4n) is 1.42. The van der Waals surface area contributed by atoms with Crippen LogP contribution in [-0.4, -0.2) is 22.9 Å². The van der Waals surface area contributed by atoms with E-state index in [0.717, 1.165) is 30.5 Å². The van der Waals surface area contributed by atoms with Crippen molar-refractivity contribution in [3.63, 3.8) is 0 Å². The van der Waals surface area contributed by atoms with E-state index in [2.05, 4.69) is 9.97 Å². The smallest absolute Gasteiger partial charge is 0.316 e. The highest BCUT2D eigenvalue weighted by Gasteiger charge is 2.43. The van der Waals surface area contributed by atoms with Gasteiger partial charge in [0.1, 0.15) is 12.9 Å². The largest absolute Gasteiger partial charge is 0.462 e. The van der Waals surface area contributed by atoms with E-state index < -0.39 is 0 Å². The van der Waals surface area contributed by atoms with Crippen molar-refractivity contribution in [1.29, 1.82) is 0 Å². The van der Waals surface area contributed by atoms with Crippen LogP contribution in [-0.2, 0) is 4.79 Å². The van der Waals surface area contributed by atoms with Crippen LogP contribution in [0.25, 0.3) is 0 Å². The fraction of sp³-hybridized carbons (Fsp3) is 0.545. The molecule has 0 spiro atoms. The van der Waals surface area contributed by atoms with Crippen molar-refractivity contribution in [2.24, 2.45) is 5.41 Å². The molecular formula is C11H14N2O2. The molecule has 1 saturated carbocycles. The van der Waals surface area contributed by atoms with Crippen molar-refractivity contribution in [2.45, 2.75) is 26.7 Å². The van der Waals surface area contributed by atoms with E-state index in [4.69, 9.17) is 4.74 Å². The van der Waals surface area contributed by atoms with Crippen LogP contribution in [0.1, 0.15) is 24.2 Å². The van der Waals surface area contributed by atoms with Crippen LogP contribution in [0.3, 0.4) is 0 Å². The van der Waals surface area contributed by atoms with Gasteiger partial charge in [-0.25, -0.2) is 9.97 Å². The van der Waals surface area contributed by atoms with E-state index in [0.29, 0.717) is 12.6 Å². The molecule has 0 radical (unpaired) electrons. The third kappa shape index (κ3) is 2.32. The quantitative estimate of drug-likeness (QED) is 0.700. The van der Waals surface area contributed by atoms with Crippen LogP contribution in [0, 0.1) is 19.3 Å². The molecule has 0 bridgehead atoms. The van der Waals surface area contributed by atoms with Crippen molar-refractivity contribution in [1.82, 2.24) is 9.97 Å². The molecule has 1 fully saturated rings. The summed E-state index contributed by atoms with van der Waals surface area (Å²) < 4.78 is 5.43. The second kappa shape index (κ2) is 3.61. The maximum absolute atomic E-state index is 10.7. The predicted molar refractivity (Wildman–Crippen MR) is 54.7 cm³/mol. The molecule has 0 atom stereocenters. The third-order valence-corrected chi connectivity index (χ3v) is 2.59. The van der Waals surface area contributed by atoms with Crippen LogP contribution in [0.5, 0.6) is 6.01 Å². The van der Waals surface area contributed by atoms with Gasteiger partial charge in [-0.05, 0) is 32.8 Å². The van der Waals surface area contributed by atoms with Crippen molar-refractivity contribution in [3.8, 4) is 6.01 Å². The van der Waals surface area contributed by atoms with Gasteiger partial charge < -0.3 is 9.53 Å². The number of ether oxygens (including phenoxy) is 1. The van der Waals surface area contributed by atoms with Crippen molar-refractivity contribution < 1.29 is 9.53 Å². The average molecular weight is 206 g/mol. The van der Waals surface area contributed by atoms with Crippen molar-refractivity contribution in [3.05, 3.63) is 17.5 Å². The van der Waals surface area contributed by atoms with Crippen LogP contribution in [0.4, 0.5) is 0 Å². The topological polar surface area (TPSA) is 52.1 Å². The van der Waals surface area contributed by atoms with Crippen LogP contribution < -0.4 is 4.74 Å². The molecule has 0 unspecified atom stereocenters. The molecule has 1 heterocycles. The fourth-order valence-corrected chi connectivity index (χ4v) is 1.42. The Bertz CT molecular complexity index is 366. The van der Waals surface area contributed by atoms with Gasteiger partial charge in [-0.15, -0.1) is 0 Å². The molecule has 4 nitrogen and oxygen atoms in total. The Kier molecular flexibility index (Phi) is 2.42. The monoisotopic (exact) mass is 206 g/mol. The Balaban J connectivity index is 2.01. The van der Waals surface area contributed by atoms with Crippen molar-refractivity contribution in [2.75, 3.05) is 6.61 Å². The minimum Gasteiger partial charge on any atom is -0.462 e. The Labute approximate surface area is 88.7 Å². The lowest BCUT2D eigenvalue weighted by Gasteiger charge is -2.08. The molecule has 1 aliphatic carbocycles. The lowest BCUT2D eigenvalue weighted by molar-refractivity contribution is -0.113. The molecule has 1 aromatic rings. The zero-order chi connectivity index (χ0) is 10.9. The molecule has 0 aliphatic heterocycles. The first-order valence-electron chi connectivity index (χ1n) is 5.05. The molecule has 80 valence electrons. The number of nitrogens with zero attached hydrogens (tertiary/aromatic N) is 2. The summed E-state index contributed by atoms with van der Waals surface area (Å²) in [6, 6.07) is 2.26. The molecule has 0 N–H and O–H groups in total. The summed E-state index contributed by atoms with van der Waals surface area (Å²) in [7, 11) is 0. The first-order valence-corrected chi connectivity index (χ1v) is 5.05. The van der Waals surface area contributed by atoms with Gasteiger partial charge in [0.05, 0.1) is 5.41 Å². The summed E-state index contributed by atoms with van der Waals surface area (Å²) >= 11 is 0. The zero-order valence-electron chi connectivity index (χ0n) is 8.99. The van der Waals surface area contributed by atoms with Crippen LogP contribution in [0.15, 0.2) is 6.07 Å². The summed E-state index contributed by atoms with van der Waals surface area (Å²) in [5.41, 5.74) is 1.52. The maximum Gasteiger partial charge on any atom is 0.316 e. The van der Waals surface area contributed by atoms with Crippen LogP contribution >= 0.6 is 0 Å². The summed E-state index contributed by atoms with van der Waals surface area (Å²) in [4.78, 5) is 19.0. The molecular weight excluding hydrogens is 192 g/mol. The van der Waals surface area contributed by atoms with Gasteiger partial charge in [0.2, 0.25) is 0 Å². The second-order valence-corrected chi connectivity index (χ2v) is 4.20. The first-order chi connectivity index (χ1) is 7.13. The number of aldehydes is 1. The summed E-state index contributed by atoms with van der Waals surface area (Å²) in [6.07, 6.45) is 2.82. The summed E-state index contributed by atoms with van der Waals surface area (Å²) in [5, 5.41) is 0. The van der Waals surface area contributed by atoms with E-state index in [1.54, 1.807) is 0 Å². The number of hydrogen-bond acceptors (Lipinski definition) is 4. The standard InChI is InChI=1S/C11H14N2O2/c1-8-5-9(2)13-10(12-8)15-7-11(6-14)3-4-11/h5-6H,3-4,7H2,1-2H3. The Morgan fingerprint density at radius 2 is 2.00 bits per heavy atom. The number of hydrogen-bond donors (Lipinski definition) is 0. The number of carbonyl (C=O) groups excluding carboxylic acids is 1. The van der Waals surface area contributed by atoms with Crippen LogP contribution in [0.2, 0.25) is 0 Å². The molecule has 1 aliphatic rings. The lowest BCUT2D eigenvalue weighted by Crippen LogP contribution is -2.15. The normalized spacial score (nSPS) is 17.2. The lowest BCUT2D eigenvalue weighted by atomic mass is 10.2. The number of aromatic nitrogens is 2. The van der Waals surface area contributed by atoms with Gasteiger partial charge in [-0.2, -0.15) is 0 Å². The number of rotatable bonds is 4. The zero-order valence-corrected chi connectivity index (χ0v) is 8.99. The van der Waals surface area contributed by atoms with E-state index in [-0.39, 0.29) is 5.41 Å². The summed E-state index contributed by atoms with van der Waals surface area (Å²) in [6.45, 7) is 4.20. The highest BCUT2D eigenvalue weighted by Crippen LogP contribution is 2.43. The maximum atomic E-state index is 10.7. The minimum atomic E-state index is -0.249. The van der Waals surface area contributed by atoms with Gasteiger partial charge in [0.25, 0.3) is 0 Å². The Morgan fingerprint density at radius 3 is 2.47 bits per heavy atom. The van der Waals surface area contributed by atoms with Gasteiger partial charge in [0.15, 0.2) is 0 Å². The predicted octanol–water partition coefficient (Wildman–Crippen LogP) is 1.45. The third-order valence-electron chi connectivity index (χ3n) is 2.59. The Hall–Kier alpha value is -1.45. The molecule has 0 saturated heterocycles. The average Bonchev–Trinajstić information content (AvgIpc) is 2.94. The second-order valence-electron chi connectivity index (χ2n) is 4.20. The minimum absolute atomic E-state index is 0.249. The first kappa shape index (κ1) is 10.1. The Morgan fingerprint density at radius 1 is 1.40 bits per heavy atom. The highest BCUT2D eigenvalue weighted by atomic mass is 16.5. The molecule has 0 aromatic carbocycles. The van der Waals surface area contributed by atoms with Crippen molar-refractivity contribution >= 4 is 6.29 Å². The highest BCUT2D eigenvalue weighted by molar-refractivity contribution is 5.63. The van der Waals surface area contributed by atoms with Gasteiger partial charge in [-0.1, -0.05) is 0 Å². The van der Waals surface area contributed by atoms with E-state index in [1.165, 1.54) is 0 Å². The molecule has 2 rings (SSSR count). The summed E-state index contributed by atoms with van der Waals surface area (Å²) in [5.74, 6) is 0. The number of carbonyl (C=O) groups is 1. The van der Waals surface area contributed by atoms with Gasteiger partial charge >= 0.3 is 6.01 Å². The molecule has 0 amide bonds. The number of aryl methyl sites for hydroxylation is 2. The molecule has 4 heteroatoms. The molecule has 15 heavy (non-hydrogen) atoms. The van der Waals surface area contributed by atoms with E-state index in [9.17, 15) is 4.79 Å². The van der Waals surface area contributed by atoms with Gasteiger partial charge in [0, 0.05) is 11.4 Å². The van der Waals surface area contributed by atoms with E-state index >= 15 is 0 Å². The molecule has 1 aromatic heterocycles. The van der Waals surface area contributed by atoms with E-state index in [1.807, 2.05) is 19.9 Å². The SMILES string of the molecule is Cc1cc(C)nc(OCC2(C=O)CC2)n1.